The van der Waals surface area contributed by atoms with Gasteiger partial charge in [0.05, 0.1) is 11.7 Å². The summed E-state index contributed by atoms with van der Waals surface area (Å²) in [6, 6.07) is 28.6. The average Bonchev–Trinajstić information content (AvgIpc) is 3.44. The summed E-state index contributed by atoms with van der Waals surface area (Å²) < 4.78 is 6.38. The number of pyridine rings is 1. The molecule has 1 fully saturated rings. The van der Waals surface area contributed by atoms with Crippen LogP contribution in [0.15, 0.2) is 106 Å². The van der Waals surface area contributed by atoms with Gasteiger partial charge in [0.25, 0.3) is 0 Å². The predicted molar refractivity (Wildman–Crippen MR) is 138 cm³/mol. The first kappa shape index (κ1) is 21.7. The summed E-state index contributed by atoms with van der Waals surface area (Å²) in [5.41, 5.74) is 3.27. The van der Waals surface area contributed by atoms with Gasteiger partial charge in [-0.05, 0) is 72.2 Å². The van der Waals surface area contributed by atoms with Gasteiger partial charge in [-0.25, -0.2) is 0 Å². The van der Waals surface area contributed by atoms with E-state index in [1.54, 1.807) is 11.8 Å². The molecule has 3 heterocycles. The SMILES string of the molecule is CC(C)c1ccc(N2C(=S)N[C@@H](c3ccccn3)[C@H]2c2ccc(Sc3ccccc3)o2)cc1. The van der Waals surface area contributed by atoms with Crippen molar-refractivity contribution in [1.82, 2.24) is 10.3 Å². The van der Waals surface area contributed by atoms with Crippen LogP contribution >= 0.6 is 24.0 Å². The second-order valence-corrected chi connectivity index (χ2v) is 9.78. The highest BCUT2D eigenvalue weighted by Gasteiger charge is 2.42. The van der Waals surface area contributed by atoms with Crippen molar-refractivity contribution in [3.63, 3.8) is 0 Å². The number of nitrogens with zero attached hydrogens (tertiary/aromatic N) is 2. The summed E-state index contributed by atoms with van der Waals surface area (Å²) in [6.07, 6.45) is 1.82. The molecule has 33 heavy (non-hydrogen) atoms. The Labute approximate surface area is 204 Å². The topological polar surface area (TPSA) is 41.3 Å². The number of benzene rings is 2. The van der Waals surface area contributed by atoms with Crippen LogP contribution in [0.5, 0.6) is 0 Å². The maximum atomic E-state index is 6.38. The van der Waals surface area contributed by atoms with E-state index in [-0.39, 0.29) is 12.1 Å². The molecule has 0 saturated carbocycles. The molecular weight excluding hydrogens is 446 g/mol. The normalized spacial score (nSPS) is 18.0. The van der Waals surface area contributed by atoms with Crippen molar-refractivity contribution in [2.45, 2.75) is 41.8 Å². The van der Waals surface area contributed by atoms with Gasteiger partial charge in [0.2, 0.25) is 0 Å². The fourth-order valence-electron chi connectivity index (χ4n) is 4.09. The second-order valence-electron chi connectivity index (χ2n) is 8.31. The highest BCUT2D eigenvalue weighted by molar-refractivity contribution is 7.99. The summed E-state index contributed by atoms with van der Waals surface area (Å²) in [7, 11) is 0. The van der Waals surface area contributed by atoms with Gasteiger partial charge < -0.3 is 14.6 Å². The van der Waals surface area contributed by atoms with Crippen LogP contribution in [-0.2, 0) is 0 Å². The molecule has 4 aromatic rings. The Bertz CT molecular complexity index is 1220. The zero-order valence-electron chi connectivity index (χ0n) is 18.5. The summed E-state index contributed by atoms with van der Waals surface area (Å²) in [4.78, 5) is 7.90. The van der Waals surface area contributed by atoms with Crippen molar-refractivity contribution in [3.8, 4) is 0 Å². The fourth-order valence-corrected chi connectivity index (χ4v) is 5.24. The van der Waals surface area contributed by atoms with Crippen LogP contribution in [0.4, 0.5) is 5.69 Å². The van der Waals surface area contributed by atoms with Crippen LogP contribution in [0, 0.1) is 0 Å². The molecule has 0 aliphatic carbocycles. The van der Waals surface area contributed by atoms with Gasteiger partial charge in [-0.1, -0.05) is 62.0 Å². The maximum Gasteiger partial charge on any atom is 0.174 e. The number of rotatable bonds is 6. The van der Waals surface area contributed by atoms with E-state index >= 15 is 0 Å². The first-order chi connectivity index (χ1) is 16.1. The second kappa shape index (κ2) is 9.41. The molecule has 166 valence electrons. The molecule has 4 nitrogen and oxygen atoms in total. The molecule has 1 N–H and O–H groups in total. The van der Waals surface area contributed by atoms with E-state index in [2.05, 4.69) is 71.5 Å². The van der Waals surface area contributed by atoms with Gasteiger partial charge in [0.15, 0.2) is 10.2 Å². The third kappa shape index (κ3) is 4.54. The molecule has 2 aromatic carbocycles. The van der Waals surface area contributed by atoms with Crippen molar-refractivity contribution in [2.75, 3.05) is 4.90 Å². The average molecular weight is 472 g/mol. The maximum absolute atomic E-state index is 6.38. The summed E-state index contributed by atoms with van der Waals surface area (Å²) in [6.45, 7) is 4.40. The quantitative estimate of drug-likeness (QED) is 0.302. The number of furan rings is 1. The molecule has 1 saturated heterocycles. The lowest BCUT2D eigenvalue weighted by Gasteiger charge is -2.26. The van der Waals surface area contributed by atoms with E-state index in [1.165, 1.54) is 5.56 Å². The smallest absolute Gasteiger partial charge is 0.174 e. The molecule has 6 heteroatoms. The third-order valence-corrected chi connectivity index (χ3v) is 7.03. The van der Waals surface area contributed by atoms with E-state index in [4.69, 9.17) is 16.6 Å². The minimum Gasteiger partial charge on any atom is -0.452 e. The summed E-state index contributed by atoms with van der Waals surface area (Å²) in [5.74, 6) is 1.33. The molecule has 0 amide bonds. The number of thiocarbonyl (C=S) groups is 1. The monoisotopic (exact) mass is 471 g/mol. The molecule has 0 bridgehead atoms. The fraction of sp³-hybridized carbons (Fsp3) is 0.185. The standard InChI is InChI=1S/C27H25N3OS2/c1-18(2)19-11-13-20(14-12-19)30-26(25(29-27(30)32)22-10-6-7-17-28-22)23-15-16-24(31-23)33-21-8-4-3-5-9-21/h3-18,25-26H,1-2H3,(H,29,32)/t25-,26+/m0/s1. The summed E-state index contributed by atoms with van der Waals surface area (Å²) in [5, 5.41) is 5.01. The van der Waals surface area contributed by atoms with E-state index < -0.39 is 0 Å². The number of nitrogens with one attached hydrogen (secondary N) is 1. The molecule has 0 spiro atoms. The molecule has 1 aliphatic rings. The Morgan fingerprint density at radius 1 is 0.939 bits per heavy atom. The Hall–Kier alpha value is -3.09. The zero-order chi connectivity index (χ0) is 22.8. The molecule has 0 radical (unpaired) electrons. The summed E-state index contributed by atoms with van der Waals surface area (Å²) >= 11 is 7.43. The first-order valence-corrected chi connectivity index (χ1v) is 12.3. The number of anilines is 1. The van der Waals surface area contributed by atoms with Crippen LogP contribution in [0.25, 0.3) is 0 Å². The molecule has 2 aromatic heterocycles. The molecular formula is C27H25N3OS2. The minimum atomic E-state index is -0.151. The van der Waals surface area contributed by atoms with E-state index in [0.717, 1.165) is 27.1 Å². The van der Waals surface area contributed by atoms with Crippen LogP contribution in [0.1, 0.15) is 48.9 Å². The third-order valence-electron chi connectivity index (χ3n) is 5.79. The first-order valence-electron chi connectivity index (χ1n) is 11.0. The Balaban J connectivity index is 1.52. The van der Waals surface area contributed by atoms with Gasteiger partial charge in [-0.3, -0.25) is 4.98 Å². The number of hydrogen-bond acceptors (Lipinski definition) is 4. The highest BCUT2D eigenvalue weighted by atomic mass is 32.2. The van der Waals surface area contributed by atoms with Crippen LogP contribution in [-0.4, -0.2) is 10.1 Å². The Kier molecular flexibility index (Phi) is 6.20. The van der Waals surface area contributed by atoms with E-state index in [0.29, 0.717) is 11.0 Å². The molecule has 5 rings (SSSR count). The van der Waals surface area contributed by atoms with Gasteiger partial charge in [-0.15, -0.1) is 0 Å². The number of hydrogen-bond donors (Lipinski definition) is 1. The van der Waals surface area contributed by atoms with Crippen molar-refractivity contribution < 1.29 is 4.42 Å². The zero-order valence-corrected chi connectivity index (χ0v) is 20.1. The molecule has 1 aliphatic heterocycles. The van der Waals surface area contributed by atoms with Crippen molar-refractivity contribution in [2.24, 2.45) is 0 Å². The van der Waals surface area contributed by atoms with Crippen molar-refractivity contribution in [1.29, 1.82) is 0 Å². The lowest BCUT2D eigenvalue weighted by atomic mass is 10.0. The Morgan fingerprint density at radius 2 is 1.70 bits per heavy atom. The van der Waals surface area contributed by atoms with Gasteiger partial charge >= 0.3 is 0 Å². The van der Waals surface area contributed by atoms with Gasteiger partial charge in [0, 0.05) is 16.8 Å². The predicted octanol–water partition coefficient (Wildman–Crippen LogP) is 7.13. The highest BCUT2D eigenvalue weighted by Crippen LogP contribution is 2.43. The molecule has 0 unspecified atom stereocenters. The van der Waals surface area contributed by atoms with E-state index in [1.807, 2.05) is 48.7 Å². The van der Waals surface area contributed by atoms with Gasteiger partial charge in [-0.2, -0.15) is 0 Å². The largest absolute Gasteiger partial charge is 0.452 e. The molecule has 2 atom stereocenters. The lowest BCUT2D eigenvalue weighted by Crippen LogP contribution is -2.29. The van der Waals surface area contributed by atoms with Crippen LogP contribution in [0.3, 0.4) is 0 Å². The van der Waals surface area contributed by atoms with E-state index in [9.17, 15) is 0 Å². The minimum absolute atomic E-state index is 0.121. The van der Waals surface area contributed by atoms with Crippen molar-refractivity contribution in [3.05, 3.63) is 108 Å². The lowest BCUT2D eigenvalue weighted by molar-refractivity contribution is 0.383. The number of aromatic nitrogens is 1. The Morgan fingerprint density at radius 3 is 2.39 bits per heavy atom. The van der Waals surface area contributed by atoms with Crippen molar-refractivity contribution >= 4 is 34.8 Å². The van der Waals surface area contributed by atoms with Crippen LogP contribution in [0.2, 0.25) is 0 Å². The van der Waals surface area contributed by atoms with Crippen LogP contribution < -0.4 is 10.2 Å². The van der Waals surface area contributed by atoms with Gasteiger partial charge in [0.1, 0.15) is 11.8 Å².